The topological polar surface area (TPSA) is 52.3 Å². The van der Waals surface area contributed by atoms with Gasteiger partial charge in [-0.05, 0) is 37.0 Å². The van der Waals surface area contributed by atoms with Crippen LogP contribution in [0.25, 0.3) is 0 Å². The molecule has 25 heavy (non-hydrogen) atoms. The van der Waals surface area contributed by atoms with Crippen molar-refractivity contribution in [3.05, 3.63) is 29.3 Å². The minimum absolute atomic E-state index is 0.285. The summed E-state index contributed by atoms with van der Waals surface area (Å²) in [4.78, 5) is 11.8. The van der Waals surface area contributed by atoms with E-state index in [2.05, 4.69) is 0 Å². The number of carbonyl (C=O) groups is 1. The van der Waals surface area contributed by atoms with E-state index >= 15 is 0 Å². The van der Waals surface area contributed by atoms with Gasteiger partial charge < -0.3 is 10.5 Å². The number of hydrogen-bond acceptors (Lipinski definition) is 3. The standard InChI is InChI=1S/C22H35NO2/c1-2-25-22(24)20-15-14-19(21(23)17-20)16-18-12-10-8-6-4-3-5-7-9-11-13-18/h14-15,17-18H,2-13,16,23H2,1H3. The highest BCUT2D eigenvalue weighted by Gasteiger charge is 2.14. The van der Waals surface area contributed by atoms with Gasteiger partial charge >= 0.3 is 5.97 Å². The fourth-order valence-corrected chi connectivity index (χ4v) is 3.89. The zero-order valence-electron chi connectivity index (χ0n) is 15.9. The maximum Gasteiger partial charge on any atom is 0.338 e. The summed E-state index contributed by atoms with van der Waals surface area (Å²) in [7, 11) is 0. The normalized spacial score (nSPS) is 18.1. The van der Waals surface area contributed by atoms with Crippen LogP contribution < -0.4 is 5.73 Å². The van der Waals surface area contributed by atoms with E-state index in [4.69, 9.17) is 10.5 Å². The average molecular weight is 346 g/mol. The quantitative estimate of drug-likeness (QED) is 0.545. The Bertz CT molecular complexity index is 515. The zero-order valence-corrected chi connectivity index (χ0v) is 15.9. The third-order valence-corrected chi connectivity index (χ3v) is 5.39. The van der Waals surface area contributed by atoms with Gasteiger partial charge in [-0.15, -0.1) is 0 Å². The van der Waals surface area contributed by atoms with Crippen molar-refractivity contribution in [1.29, 1.82) is 0 Å². The van der Waals surface area contributed by atoms with Gasteiger partial charge in [0.1, 0.15) is 0 Å². The second kappa shape index (κ2) is 11.2. The summed E-state index contributed by atoms with van der Waals surface area (Å²) in [5.41, 5.74) is 8.71. The fraction of sp³-hybridized carbons (Fsp3) is 0.682. The summed E-state index contributed by atoms with van der Waals surface area (Å²) >= 11 is 0. The lowest BCUT2D eigenvalue weighted by molar-refractivity contribution is 0.0526. The molecule has 2 rings (SSSR count). The van der Waals surface area contributed by atoms with E-state index in [1.165, 1.54) is 76.2 Å². The molecule has 1 aromatic carbocycles. The predicted molar refractivity (Wildman–Crippen MR) is 105 cm³/mol. The first-order valence-corrected chi connectivity index (χ1v) is 10.3. The lowest BCUT2D eigenvalue weighted by atomic mass is 9.87. The summed E-state index contributed by atoms with van der Waals surface area (Å²) in [6, 6.07) is 5.67. The highest BCUT2D eigenvalue weighted by Crippen LogP contribution is 2.27. The van der Waals surface area contributed by atoms with E-state index in [1.54, 1.807) is 6.07 Å². The van der Waals surface area contributed by atoms with Crippen molar-refractivity contribution < 1.29 is 9.53 Å². The molecular formula is C22H35NO2. The summed E-state index contributed by atoms with van der Waals surface area (Å²) in [5.74, 6) is 0.432. The van der Waals surface area contributed by atoms with Crippen LogP contribution in [-0.4, -0.2) is 12.6 Å². The number of nitrogen functional groups attached to an aromatic ring is 1. The molecular weight excluding hydrogens is 310 g/mol. The van der Waals surface area contributed by atoms with Gasteiger partial charge in [0.15, 0.2) is 0 Å². The van der Waals surface area contributed by atoms with Crippen LogP contribution in [0.4, 0.5) is 5.69 Å². The van der Waals surface area contributed by atoms with E-state index < -0.39 is 0 Å². The second-order valence-corrected chi connectivity index (χ2v) is 7.46. The second-order valence-electron chi connectivity index (χ2n) is 7.46. The Morgan fingerprint density at radius 2 is 1.56 bits per heavy atom. The summed E-state index contributed by atoms with van der Waals surface area (Å²) in [6.07, 6.45) is 16.1. The molecule has 1 aliphatic carbocycles. The van der Waals surface area contributed by atoms with Crippen molar-refractivity contribution in [3.8, 4) is 0 Å². The number of rotatable bonds is 4. The Kier molecular flexibility index (Phi) is 8.85. The van der Waals surface area contributed by atoms with Crippen LogP contribution in [0.1, 0.15) is 93.5 Å². The molecule has 0 spiro atoms. The molecule has 0 heterocycles. The zero-order chi connectivity index (χ0) is 17.9. The van der Waals surface area contributed by atoms with E-state index in [0.717, 1.165) is 18.0 Å². The SMILES string of the molecule is CCOC(=O)c1ccc(CC2CCCCCCCCCCC2)c(N)c1. The first-order valence-electron chi connectivity index (χ1n) is 10.3. The number of benzene rings is 1. The summed E-state index contributed by atoms with van der Waals surface area (Å²) in [5, 5.41) is 0. The molecule has 1 saturated carbocycles. The Morgan fingerprint density at radius 1 is 1.00 bits per heavy atom. The fourth-order valence-electron chi connectivity index (χ4n) is 3.89. The van der Waals surface area contributed by atoms with Crippen LogP contribution in [0, 0.1) is 5.92 Å². The van der Waals surface area contributed by atoms with Crippen LogP contribution in [0.3, 0.4) is 0 Å². The third-order valence-electron chi connectivity index (χ3n) is 5.39. The first-order chi connectivity index (χ1) is 12.2. The monoisotopic (exact) mass is 345 g/mol. The number of hydrogen-bond donors (Lipinski definition) is 1. The molecule has 0 unspecified atom stereocenters. The van der Waals surface area contributed by atoms with Crippen LogP contribution in [0.15, 0.2) is 18.2 Å². The van der Waals surface area contributed by atoms with Crippen molar-refractivity contribution in [2.45, 2.75) is 84.0 Å². The Balaban J connectivity index is 1.95. The minimum Gasteiger partial charge on any atom is -0.462 e. The molecule has 2 N–H and O–H groups in total. The van der Waals surface area contributed by atoms with Gasteiger partial charge in [-0.3, -0.25) is 0 Å². The maximum absolute atomic E-state index is 11.8. The molecule has 0 saturated heterocycles. The summed E-state index contributed by atoms with van der Waals surface area (Å²) in [6.45, 7) is 2.21. The van der Waals surface area contributed by atoms with Crippen molar-refractivity contribution in [2.75, 3.05) is 12.3 Å². The smallest absolute Gasteiger partial charge is 0.338 e. The van der Waals surface area contributed by atoms with Gasteiger partial charge in [0.05, 0.1) is 12.2 Å². The minimum atomic E-state index is -0.285. The molecule has 1 aliphatic rings. The average Bonchev–Trinajstić information content (AvgIpc) is 2.59. The van der Waals surface area contributed by atoms with Crippen LogP contribution >= 0.6 is 0 Å². The first kappa shape index (κ1) is 19.8. The molecule has 1 fully saturated rings. The number of esters is 1. The van der Waals surface area contributed by atoms with Gasteiger partial charge in [0.2, 0.25) is 0 Å². The molecule has 0 atom stereocenters. The molecule has 1 aromatic rings. The molecule has 0 aliphatic heterocycles. The van der Waals surface area contributed by atoms with E-state index in [0.29, 0.717) is 12.2 Å². The predicted octanol–water partition coefficient (Wildman–Crippen LogP) is 5.91. The Hall–Kier alpha value is -1.51. The van der Waals surface area contributed by atoms with Crippen molar-refractivity contribution in [2.24, 2.45) is 5.92 Å². The van der Waals surface area contributed by atoms with Crippen LogP contribution in [-0.2, 0) is 11.2 Å². The number of anilines is 1. The number of carbonyl (C=O) groups excluding carboxylic acids is 1. The van der Waals surface area contributed by atoms with Crippen molar-refractivity contribution in [3.63, 3.8) is 0 Å². The molecule has 0 bridgehead atoms. The van der Waals surface area contributed by atoms with E-state index in [9.17, 15) is 4.79 Å². The van der Waals surface area contributed by atoms with Gasteiger partial charge in [-0.25, -0.2) is 4.79 Å². The van der Waals surface area contributed by atoms with Crippen molar-refractivity contribution >= 4 is 11.7 Å². The van der Waals surface area contributed by atoms with Gasteiger partial charge in [-0.1, -0.05) is 76.7 Å². The molecule has 140 valence electrons. The van der Waals surface area contributed by atoms with Crippen LogP contribution in [0.5, 0.6) is 0 Å². The van der Waals surface area contributed by atoms with Crippen LogP contribution in [0.2, 0.25) is 0 Å². The highest BCUT2D eigenvalue weighted by molar-refractivity contribution is 5.90. The molecule has 0 aromatic heterocycles. The molecule has 3 nitrogen and oxygen atoms in total. The maximum atomic E-state index is 11.8. The highest BCUT2D eigenvalue weighted by atomic mass is 16.5. The molecule has 3 heteroatoms. The van der Waals surface area contributed by atoms with E-state index in [1.807, 2.05) is 19.1 Å². The van der Waals surface area contributed by atoms with Gasteiger partial charge in [0.25, 0.3) is 0 Å². The third kappa shape index (κ3) is 7.09. The van der Waals surface area contributed by atoms with Gasteiger partial charge in [0, 0.05) is 5.69 Å². The Morgan fingerprint density at radius 3 is 2.08 bits per heavy atom. The Labute approximate surface area is 153 Å². The summed E-state index contributed by atoms with van der Waals surface area (Å²) < 4.78 is 5.06. The molecule has 0 radical (unpaired) electrons. The lowest BCUT2D eigenvalue weighted by Crippen LogP contribution is -2.10. The number of nitrogens with two attached hydrogens (primary N) is 1. The van der Waals surface area contributed by atoms with Gasteiger partial charge in [-0.2, -0.15) is 0 Å². The lowest BCUT2D eigenvalue weighted by Gasteiger charge is -2.19. The molecule has 0 amide bonds. The number of ether oxygens (including phenoxy) is 1. The van der Waals surface area contributed by atoms with Crippen molar-refractivity contribution in [1.82, 2.24) is 0 Å². The van der Waals surface area contributed by atoms with E-state index in [-0.39, 0.29) is 5.97 Å². The largest absolute Gasteiger partial charge is 0.462 e.